The monoisotopic (exact) mass is 192 g/mol. The van der Waals surface area contributed by atoms with Crippen LogP contribution in [0.25, 0.3) is 5.70 Å². The van der Waals surface area contributed by atoms with Gasteiger partial charge in [0.05, 0.1) is 17.2 Å². The second kappa shape index (κ2) is 3.26. The van der Waals surface area contributed by atoms with Gasteiger partial charge in [0.25, 0.3) is 0 Å². The molecule has 68 valence electrons. The van der Waals surface area contributed by atoms with Crippen molar-refractivity contribution < 1.29 is 0 Å². The summed E-state index contributed by atoms with van der Waals surface area (Å²) in [4.78, 5) is 5.50. The van der Waals surface area contributed by atoms with Crippen molar-refractivity contribution in [3.05, 3.63) is 41.4 Å². The number of hydrogen-bond acceptors (Lipinski definition) is 3. The van der Waals surface area contributed by atoms with Crippen LogP contribution in [0.3, 0.4) is 0 Å². The van der Waals surface area contributed by atoms with E-state index in [-0.39, 0.29) is 0 Å². The lowest BCUT2D eigenvalue weighted by Crippen LogP contribution is -2.20. The van der Waals surface area contributed by atoms with Gasteiger partial charge in [0, 0.05) is 19.4 Å². The summed E-state index contributed by atoms with van der Waals surface area (Å²) in [5.41, 5.74) is 1.08. The third-order valence-corrected chi connectivity index (χ3v) is 2.95. The standard InChI is InChI=1S/C10H12N2S/c1-9(10-4-3-7-13-10)12-6-5-11(2)8-12/h3-7H,1,8H2,2H3. The summed E-state index contributed by atoms with van der Waals surface area (Å²) in [6.07, 6.45) is 4.11. The van der Waals surface area contributed by atoms with Crippen LogP contribution in [0.15, 0.2) is 36.5 Å². The Hall–Kier alpha value is -1.22. The minimum Gasteiger partial charge on any atom is -0.361 e. The van der Waals surface area contributed by atoms with Crippen molar-refractivity contribution >= 4 is 17.0 Å². The zero-order valence-electron chi connectivity index (χ0n) is 7.60. The molecule has 0 aromatic carbocycles. The molecule has 0 spiro atoms. The minimum atomic E-state index is 0.900. The molecule has 2 heterocycles. The lowest BCUT2D eigenvalue weighted by molar-refractivity contribution is 0.376. The van der Waals surface area contributed by atoms with Crippen LogP contribution in [0.1, 0.15) is 4.88 Å². The van der Waals surface area contributed by atoms with Crippen molar-refractivity contribution in [2.24, 2.45) is 0 Å². The molecule has 2 rings (SSSR count). The third-order valence-electron chi connectivity index (χ3n) is 2.03. The van der Waals surface area contributed by atoms with E-state index in [0.717, 1.165) is 12.4 Å². The Morgan fingerprint density at radius 2 is 2.38 bits per heavy atom. The highest BCUT2D eigenvalue weighted by molar-refractivity contribution is 7.11. The first-order valence-corrected chi connectivity index (χ1v) is 5.03. The van der Waals surface area contributed by atoms with E-state index in [0.29, 0.717) is 0 Å². The van der Waals surface area contributed by atoms with E-state index in [9.17, 15) is 0 Å². The molecule has 0 unspecified atom stereocenters. The summed E-state index contributed by atoms with van der Waals surface area (Å²) >= 11 is 1.73. The largest absolute Gasteiger partial charge is 0.361 e. The SMILES string of the molecule is C=C(c1cccs1)N1C=CN(C)C1. The first kappa shape index (κ1) is 8.38. The molecule has 0 saturated carbocycles. The van der Waals surface area contributed by atoms with Gasteiger partial charge in [-0.2, -0.15) is 0 Å². The summed E-state index contributed by atoms with van der Waals surface area (Å²) in [6.45, 7) is 4.97. The van der Waals surface area contributed by atoms with Gasteiger partial charge >= 0.3 is 0 Å². The first-order valence-electron chi connectivity index (χ1n) is 4.15. The van der Waals surface area contributed by atoms with Crippen LogP contribution in [0.5, 0.6) is 0 Å². The highest BCUT2D eigenvalue weighted by Crippen LogP contribution is 2.24. The molecular formula is C10H12N2S. The number of nitrogens with zero attached hydrogens (tertiary/aromatic N) is 2. The lowest BCUT2D eigenvalue weighted by Gasteiger charge is -2.19. The highest BCUT2D eigenvalue weighted by atomic mass is 32.1. The van der Waals surface area contributed by atoms with Gasteiger partial charge in [0.1, 0.15) is 0 Å². The molecule has 0 N–H and O–H groups in total. The molecular weight excluding hydrogens is 180 g/mol. The van der Waals surface area contributed by atoms with E-state index in [1.807, 2.05) is 0 Å². The van der Waals surface area contributed by atoms with Gasteiger partial charge in [0.2, 0.25) is 0 Å². The van der Waals surface area contributed by atoms with Crippen LogP contribution >= 0.6 is 11.3 Å². The maximum atomic E-state index is 4.07. The summed E-state index contributed by atoms with van der Waals surface area (Å²) in [5, 5.41) is 2.07. The predicted octanol–water partition coefficient (Wildman–Crippen LogP) is 2.39. The van der Waals surface area contributed by atoms with E-state index in [2.05, 4.69) is 53.3 Å². The van der Waals surface area contributed by atoms with Crippen LogP contribution in [-0.2, 0) is 0 Å². The Kier molecular flexibility index (Phi) is 2.10. The van der Waals surface area contributed by atoms with Crippen LogP contribution < -0.4 is 0 Å². The fourth-order valence-electron chi connectivity index (χ4n) is 1.29. The topological polar surface area (TPSA) is 6.48 Å². The van der Waals surface area contributed by atoms with E-state index >= 15 is 0 Å². The molecule has 3 heteroatoms. The first-order chi connectivity index (χ1) is 6.27. The fraction of sp³-hybridized carbons (Fsp3) is 0.200. The zero-order valence-corrected chi connectivity index (χ0v) is 8.42. The molecule has 2 nitrogen and oxygen atoms in total. The van der Waals surface area contributed by atoms with Gasteiger partial charge in [-0.1, -0.05) is 12.6 Å². The van der Waals surface area contributed by atoms with Crippen molar-refractivity contribution in [1.82, 2.24) is 9.80 Å². The van der Waals surface area contributed by atoms with Gasteiger partial charge in [0.15, 0.2) is 0 Å². The van der Waals surface area contributed by atoms with Gasteiger partial charge in [-0.3, -0.25) is 0 Å². The smallest absolute Gasteiger partial charge is 0.0939 e. The van der Waals surface area contributed by atoms with Gasteiger partial charge < -0.3 is 9.80 Å². The normalized spacial score (nSPS) is 15.5. The lowest BCUT2D eigenvalue weighted by atomic mass is 10.3. The molecule has 13 heavy (non-hydrogen) atoms. The molecule has 1 aromatic rings. The number of hydrogen-bond donors (Lipinski definition) is 0. The Morgan fingerprint density at radius 3 is 2.92 bits per heavy atom. The van der Waals surface area contributed by atoms with Crippen LogP contribution in [-0.4, -0.2) is 23.5 Å². The van der Waals surface area contributed by atoms with Crippen LogP contribution in [0.2, 0.25) is 0 Å². The zero-order chi connectivity index (χ0) is 9.26. The molecule has 0 aliphatic carbocycles. The van der Waals surface area contributed by atoms with E-state index in [4.69, 9.17) is 0 Å². The van der Waals surface area contributed by atoms with Crippen LogP contribution in [0.4, 0.5) is 0 Å². The van der Waals surface area contributed by atoms with E-state index in [1.165, 1.54) is 4.88 Å². The Labute approximate surface area is 82.4 Å². The van der Waals surface area contributed by atoms with Gasteiger partial charge in [-0.05, 0) is 11.4 Å². The van der Waals surface area contributed by atoms with Crippen molar-refractivity contribution in [3.8, 4) is 0 Å². The summed E-state index contributed by atoms with van der Waals surface area (Å²) in [6, 6.07) is 4.15. The van der Waals surface area contributed by atoms with Gasteiger partial charge in [-0.15, -0.1) is 11.3 Å². The van der Waals surface area contributed by atoms with Gasteiger partial charge in [-0.25, -0.2) is 0 Å². The Bertz CT molecular complexity index is 327. The quantitative estimate of drug-likeness (QED) is 0.710. The Balaban J connectivity index is 2.11. The minimum absolute atomic E-state index is 0.900. The maximum absolute atomic E-state index is 4.07. The molecule has 0 amide bonds. The fourth-order valence-corrected chi connectivity index (χ4v) is 2.00. The summed E-state index contributed by atoms with van der Waals surface area (Å²) in [5.74, 6) is 0. The summed E-state index contributed by atoms with van der Waals surface area (Å²) < 4.78 is 0. The van der Waals surface area contributed by atoms with Crippen molar-refractivity contribution in [1.29, 1.82) is 0 Å². The molecule has 0 radical (unpaired) electrons. The van der Waals surface area contributed by atoms with Crippen molar-refractivity contribution in [3.63, 3.8) is 0 Å². The Morgan fingerprint density at radius 1 is 1.54 bits per heavy atom. The average Bonchev–Trinajstić information content (AvgIpc) is 2.72. The second-order valence-electron chi connectivity index (χ2n) is 3.09. The molecule has 1 aliphatic heterocycles. The van der Waals surface area contributed by atoms with Crippen molar-refractivity contribution in [2.75, 3.05) is 13.7 Å². The van der Waals surface area contributed by atoms with E-state index < -0.39 is 0 Å². The third kappa shape index (κ3) is 1.60. The molecule has 0 saturated heterocycles. The van der Waals surface area contributed by atoms with Crippen LogP contribution in [0, 0.1) is 0 Å². The number of thiophene rings is 1. The second-order valence-corrected chi connectivity index (χ2v) is 4.04. The van der Waals surface area contributed by atoms with E-state index in [1.54, 1.807) is 11.3 Å². The summed E-state index contributed by atoms with van der Waals surface area (Å²) in [7, 11) is 2.05. The molecule has 0 fully saturated rings. The molecule has 0 bridgehead atoms. The molecule has 0 atom stereocenters. The molecule has 1 aromatic heterocycles. The average molecular weight is 192 g/mol. The number of rotatable bonds is 2. The maximum Gasteiger partial charge on any atom is 0.0939 e. The van der Waals surface area contributed by atoms with Crippen molar-refractivity contribution in [2.45, 2.75) is 0 Å². The predicted molar refractivity (Wildman–Crippen MR) is 57.0 cm³/mol. The highest BCUT2D eigenvalue weighted by Gasteiger charge is 2.12. The molecule has 1 aliphatic rings.